The first-order valence-electron chi connectivity index (χ1n) is 7.30. The van der Waals surface area contributed by atoms with Crippen molar-refractivity contribution < 1.29 is 18.6 Å². The van der Waals surface area contributed by atoms with Crippen molar-refractivity contribution in [2.24, 2.45) is 5.73 Å². The van der Waals surface area contributed by atoms with Crippen molar-refractivity contribution >= 4 is 28.5 Å². The summed E-state index contributed by atoms with van der Waals surface area (Å²) in [6.07, 6.45) is 0.854. The molecule has 0 radical (unpaired) electrons. The molecule has 23 heavy (non-hydrogen) atoms. The molecule has 1 saturated heterocycles. The fourth-order valence-electron chi connectivity index (χ4n) is 2.28. The molecule has 2 rings (SSSR count). The zero-order valence-corrected chi connectivity index (χ0v) is 13.3. The summed E-state index contributed by atoms with van der Waals surface area (Å²) in [5.74, 6) is -1.11. The lowest BCUT2D eigenvalue weighted by Gasteiger charge is -2.18. The van der Waals surface area contributed by atoms with E-state index in [4.69, 9.17) is 5.73 Å². The van der Waals surface area contributed by atoms with E-state index in [1.54, 1.807) is 24.3 Å². The lowest BCUT2D eigenvalue weighted by molar-refractivity contribution is -0.129. The Kier molecular flexibility index (Phi) is 5.86. The smallest absolute Gasteiger partial charge is 0.243 e. The second kappa shape index (κ2) is 7.87. The van der Waals surface area contributed by atoms with Crippen LogP contribution in [0.15, 0.2) is 35.2 Å². The number of rotatable bonds is 7. The molecule has 3 atom stereocenters. The number of amides is 3. The van der Waals surface area contributed by atoms with Crippen LogP contribution < -0.4 is 16.4 Å². The third-order valence-electron chi connectivity index (χ3n) is 3.57. The SMILES string of the molecule is NC(=O)[C@@H](CC[S@@](=O)c1ccccc1)NC(=O)[C@@H]1CCC(=O)N1. The van der Waals surface area contributed by atoms with Crippen molar-refractivity contribution in [3.05, 3.63) is 30.3 Å². The lowest BCUT2D eigenvalue weighted by Crippen LogP contribution is -2.51. The highest BCUT2D eigenvalue weighted by atomic mass is 32.2. The highest BCUT2D eigenvalue weighted by Crippen LogP contribution is 2.09. The Bertz CT molecular complexity index is 620. The normalized spacial score (nSPS) is 19.7. The topological polar surface area (TPSA) is 118 Å². The van der Waals surface area contributed by atoms with Gasteiger partial charge in [0, 0.05) is 17.1 Å². The highest BCUT2D eigenvalue weighted by molar-refractivity contribution is 7.85. The van der Waals surface area contributed by atoms with Gasteiger partial charge in [-0.3, -0.25) is 18.6 Å². The van der Waals surface area contributed by atoms with Crippen molar-refractivity contribution in [1.82, 2.24) is 10.6 Å². The van der Waals surface area contributed by atoms with Gasteiger partial charge in [0.1, 0.15) is 12.1 Å². The Balaban J connectivity index is 1.89. The molecule has 124 valence electrons. The van der Waals surface area contributed by atoms with Gasteiger partial charge < -0.3 is 16.4 Å². The Labute approximate surface area is 136 Å². The minimum atomic E-state index is -1.27. The molecule has 0 spiro atoms. The largest absolute Gasteiger partial charge is 0.368 e. The second-order valence-corrected chi connectivity index (χ2v) is 6.84. The van der Waals surface area contributed by atoms with Gasteiger partial charge in [-0.05, 0) is 25.0 Å². The van der Waals surface area contributed by atoms with E-state index < -0.39 is 34.7 Å². The number of nitrogens with one attached hydrogen (secondary N) is 2. The first kappa shape index (κ1) is 17.1. The average Bonchev–Trinajstić information content (AvgIpc) is 2.98. The van der Waals surface area contributed by atoms with E-state index in [0.717, 1.165) is 0 Å². The van der Waals surface area contributed by atoms with E-state index in [9.17, 15) is 18.6 Å². The summed E-state index contributed by atoms with van der Waals surface area (Å²) in [6, 6.07) is 7.32. The third-order valence-corrected chi connectivity index (χ3v) is 4.97. The van der Waals surface area contributed by atoms with Crippen LogP contribution in [0.25, 0.3) is 0 Å². The standard InChI is InChI=1S/C15H19N3O4S/c16-14(20)11(18-15(21)12-6-7-13(19)17-12)8-9-23(22)10-4-2-1-3-5-10/h1-5,11-12H,6-9H2,(H2,16,20)(H,17,19)(H,18,21)/t11-,12+,23-/m1/s1. The summed E-state index contributed by atoms with van der Waals surface area (Å²) in [4.78, 5) is 35.3. The molecular formula is C15H19N3O4S. The van der Waals surface area contributed by atoms with E-state index in [-0.39, 0.29) is 24.5 Å². The molecule has 1 fully saturated rings. The number of hydrogen-bond donors (Lipinski definition) is 3. The molecule has 3 amide bonds. The van der Waals surface area contributed by atoms with Crippen molar-refractivity contribution in [2.45, 2.75) is 36.2 Å². The zero-order valence-electron chi connectivity index (χ0n) is 12.5. The fourth-order valence-corrected chi connectivity index (χ4v) is 3.43. The molecule has 0 aliphatic carbocycles. The van der Waals surface area contributed by atoms with Gasteiger partial charge in [-0.2, -0.15) is 0 Å². The second-order valence-electron chi connectivity index (χ2n) is 5.27. The lowest BCUT2D eigenvalue weighted by atomic mass is 10.1. The van der Waals surface area contributed by atoms with Crippen molar-refractivity contribution in [3.8, 4) is 0 Å². The maximum absolute atomic E-state index is 12.1. The van der Waals surface area contributed by atoms with Gasteiger partial charge in [0.15, 0.2) is 0 Å². The van der Waals surface area contributed by atoms with Gasteiger partial charge in [0.05, 0.1) is 10.8 Å². The fraction of sp³-hybridized carbons (Fsp3) is 0.400. The van der Waals surface area contributed by atoms with Gasteiger partial charge >= 0.3 is 0 Å². The summed E-state index contributed by atoms with van der Waals surface area (Å²) in [5, 5.41) is 5.05. The quantitative estimate of drug-likeness (QED) is 0.617. The Morgan fingerprint density at radius 3 is 2.61 bits per heavy atom. The highest BCUT2D eigenvalue weighted by Gasteiger charge is 2.29. The third kappa shape index (κ3) is 4.88. The molecule has 0 aromatic heterocycles. The van der Waals surface area contributed by atoms with Gasteiger partial charge in [-0.1, -0.05) is 18.2 Å². The van der Waals surface area contributed by atoms with Gasteiger partial charge in [-0.25, -0.2) is 0 Å². The van der Waals surface area contributed by atoms with E-state index in [1.807, 2.05) is 6.07 Å². The number of carbonyl (C=O) groups is 3. The molecule has 1 aliphatic rings. The minimum absolute atomic E-state index is 0.170. The zero-order chi connectivity index (χ0) is 16.8. The van der Waals surface area contributed by atoms with E-state index in [1.165, 1.54) is 0 Å². The van der Waals surface area contributed by atoms with Crippen LogP contribution >= 0.6 is 0 Å². The van der Waals surface area contributed by atoms with Crippen LogP contribution in [0, 0.1) is 0 Å². The maximum Gasteiger partial charge on any atom is 0.243 e. The van der Waals surface area contributed by atoms with Crippen molar-refractivity contribution in [2.75, 3.05) is 5.75 Å². The van der Waals surface area contributed by atoms with Crippen molar-refractivity contribution in [1.29, 1.82) is 0 Å². The summed E-state index contributed by atoms with van der Waals surface area (Å²) in [7, 11) is -1.27. The number of carbonyl (C=O) groups excluding carboxylic acids is 3. The molecule has 0 saturated carbocycles. The molecular weight excluding hydrogens is 318 g/mol. The molecule has 1 aromatic carbocycles. The number of primary amides is 1. The summed E-state index contributed by atoms with van der Waals surface area (Å²) < 4.78 is 12.1. The van der Waals surface area contributed by atoms with Crippen LogP contribution in [-0.2, 0) is 25.2 Å². The summed E-state index contributed by atoms with van der Waals surface area (Å²) in [5.41, 5.74) is 5.30. The minimum Gasteiger partial charge on any atom is -0.368 e. The van der Waals surface area contributed by atoms with Crippen LogP contribution in [0.4, 0.5) is 0 Å². The molecule has 0 bridgehead atoms. The van der Waals surface area contributed by atoms with Crippen LogP contribution in [0.1, 0.15) is 19.3 Å². The van der Waals surface area contributed by atoms with Crippen molar-refractivity contribution in [3.63, 3.8) is 0 Å². The Morgan fingerprint density at radius 1 is 1.35 bits per heavy atom. The van der Waals surface area contributed by atoms with E-state index in [2.05, 4.69) is 10.6 Å². The molecule has 1 heterocycles. The number of nitrogens with two attached hydrogens (primary N) is 1. The molecule has 1 aromatic rings. The average molecular weight is 337 g/mol. The maximum atomic E-state index is 12.1. The number of hydrogen-bond acceptors (Lipinski definition) is 4. The molecule has 4 N–H and O–H groups in total. The number of benzene rings is 1. The first-order valence-corrected chi connectivity index (χ1v) is 8.61. The molecule has 0 unspecified atom stereocenters. The Hall–Kier alpha value is -2.22. The molecule has 8 heteroatoms. The van der Waals surface area contributed by atoms with Gasteiger partial charge in [-0.15, -0.1) is 0 Å². The van der Waals surface area contributed by atoms with E-state index >= 15 is 0 Å². The van der Waals surface area contributed by atoms with Crippen LogP contribution in [0.3, 0.4) is 0 Å². The molecule has 1 aliphatic heterocycles. The van der Waals surface area contributed by atoms with Crippen LogP contribution in [0.2, 0.25) is 0 Å². The predicted octanol–water partition coefficient (Wildman–Crippen LogP) is -0.567. The van der Waals surface area contributed by atoms with Gasteiger partial charge in [0.2, 0.25) is 17.7 Å². The van der Waals surface area contributed by atoms with Crippen LogP contribution in [-0.4, -0.2) is 39.8 Å². The van der Waals surface area contributed by atoms with Gasteiger partial charge in [0.25, 0.3) is 0 Å². The summed E-state index contributed by atoms with van der Waals surface area (Å²) in [6.45, 7) is 0. The predicted molar refractivity (Wildman–Crippen MR) is 84.6 cm³/mol. The Morgan fingerprint density at radius 2 is 2.04 bits per heavy atom. The van der Waals surface area contributed by atoms with E-state index in [0.29, 0.717) is 11.3 Å². The van der Waals surface area contributed by atoms with Crippen LogP contribution in [0.5, 0.6) is 0 Å². The summed E-state index contributed by atoms with van der Waals surface area (Å²) >= 11 is 0. The molecule has 7 nitrogen and oxygen atoms in total. The first-order chi connectivity index (χ1) is 11.0. The monoisotopic (exact) mass is 337 g/mol.